The number of nitrogens with zero attached hydrogens (tertiary/aromatic N) is 3. The number of aromatic nitrogens is 2. The number of hydrogen-bond donors (Lipinski definition) is 3. The molecule has 3 N–H and O–H groups in total. The Bertz CT molecular complexity index is 995. The van der Waals surface area contributed by atoms with Gasteiger partial charge in [-0.3, -0.25) is 4.99 Å². The normalized spacial score (nSPS) is 20.2. The number of fused-ring (bicyclic) bond motifs is 1. The lowest BCUT2D eigenvalue weighted by molar-refractivity contribution is 0.147. The summed E-state index contributed by atoms with van der Waals surface area (Å²) in [6.07, 6.45) is 10.8. The van der Waals surface area contributed by atoms with Crippen molar-refractivity contribution in [3.8, 4) is 0 Å². The Morgan fingerprint density at radius 1 is 1.31 bits per heavy atom. The van der Waals surface area contributed by atoms with Crippen LogP contribution in [0.5, 0.6) is 0 Å². The second kappa shape index (κ2) is 8.36. The first kappa shape index (κ1) is 19.0. The number of aliphatic imine (C=N–C) groups is 1. The molecule has 1 aromatic heterocycles. The Balaban J connectivity index is 1.70. The van der Waals surface area contributed by atoms with Crippen LogP contribution in [0.2, 0.25) is 0 Å². The third-order valence-corrected chi connectivity index (χ3v) is 5.08. The fourth-order valence-corrected chi connectivity index (χ4v) is 3.54. The van der Waals surface area contributed by atoms with Gasteiger partial charge in [0.1, 0.15) is 5.76 Å². The van der Waals surface area contributed by atoms with Gasteiger partial charge in [0.2, 0.25) is 0 Å². The second-order valence-electron chi connectivity index (χ2n) is 6.88. The molecule has 7 heteroatoms. The molecular weight excluding hydrogens is 366 g/mol. The molecule has 7 nitrogen and oxygen atoms in total. The fourth-order valence-electron chi connectivity index (χ4n) is 3.54. The molecule has 0 radical (unpaired) electrons. The summed E-state index contributed by atoms with van der Waals surface area (Å²) in [5, 5.41) is 20.4. The fraction of sp³-hybridized carbons (Fsp3) is 0.273. The molecule has 148 valence electrons. The largest absolute Gasteiger partial charge is 0.480 e. The van der Waals surface area contributed by atoms with Gasteiger partial charge in [-0.05, 0) is 41.8 Å². The zero-order valence-electron chi connectivity index (χ0n) is 16.2. The Morgan fingerprint density at radius 2 is 2.14 bits per heavy atom. The minimum Gasteiger partial charge on any atom is -0.480 e. The molecule has 2 atom stereocenters. The van der Waals surface area contributed by atoms with Crippen LogP contribution in [0.1, 0.15) is 35.5 Å². The van der Waals surface area contributed by atoms with E-state index in [1.807, 2.05) is 24.3 Å². The van der Waals surface area contributed by atoms with Crippen LogP contribution < -0.4 is 5.32 Å². The average Bonchev–Trinajstić information content (AvgIpc) is 2.94. The number of ether oxygens (including phenoxy) is 1. The van der Waals surface area contributed by atoms with E-state index in [9.17, 15) is 5.11 Å². The minimum absolute atomic E-state index is 0.0978. The molecule has 1 aromatic carbocycles. The number of rotatable bonds is 6. The van der Waals surface area contributed by atoms with Crippen LogP contribution >= 0.6 is 0 Å². The molecular formula is C22H23N5O2. The van der Waals surface area contributed by atoms with E-state index in [1.54, 1.807) is 18.6 Å². The summed E-state index contributed by atoms with van der Waals surface area (Å²) in [6, 6.07) is 5.80. The highest BCUT2D eigenvalue weighted by Gasteiger charge is 2.40. The van der Waals surface area contributed by atoms with E-state index >= 15 is 0 Å². The predicted octanol–water partition coefficient (Wildman–Crippen LogP) is 2.98. The van der Waals surface area contributed by atoms with Crippen molar-refractivity contribution in [2.75, 3.05) is 11.9 Å². The number of allylic oxidation sites excluding steroid dienone is 1. The van der Waals surface area contributed by atoms with Crippen molar-refractivity contribution in [1.82, 2.24) is 9.97 Å². The van der Waals surface area contributed by atoms with Crippen molar-refractivity contribution < 1.29 is 9.84 Å². The minimum atomic E-state index is -0.403. The van der Waals surface area contributed by atoms with Crippen molar-refractivity contribution >= 4 is 18.1 Å². The third kappa shape index (κ3) is 3.82. The molecule has 29 heavy (non-hydrogen) atoms. The van der Waals surface area contributed by atoms with Crippen LogP contribution in [-0.2, 0) is 17.8 Å². The molecule has 1 fully saturated rings. The zero-order chi connectivity index (χ0) is 20.2. The maximum atomic E-state index is 9.26. The number of benzene rings is 1. The van der Waals surface area contributed by atoms with Gasteiger partial charge < -0.3 is 20.6 Å². The highest BCUT2D eigenvalue weighted by molar-refractivity contribution is 5.80. The molecule has 0 amide bonds. The number of anilines is 1. The number of hydrogen-bond acceptors (Lipinski definition) is 7. The van der Waals surface area contributed by atoms with Gasteiger partial charge in [-0.1, -0.05) is 13.0 Å². The Morgan fingerprint density at radius 3 is 2.86 bits per heavy atom. The summed E-state index contributed by atoms with van der Waals surface area (Å²) in [5.41, 5.74) is 4.63. The van der Waals surface area contributed by atoms with Gasteiger partial charge in [-0.15, -0.1) is 0 Å². The van der Waals surface area contributed by atoms with Crippen molar-refractivity contribution in [1.29, 1.82) is 5.41 Å². The van der Waals surface area contributed by atoms with Gasteiger partial charge in [-0.25, -0.2) is 9.97 Å². The van der Waals surface area contributed by atoms with Gasteiger partial charge in [0, 0.05) is 41.6 Å². The molecule has 2 unspecified atom stereocenters. The van der Waals surface area contributed by atoms with Gasteiger partial charge in [-0.2, -0.15) is 0 Å². The van der Waals surface area contributed by atoms with E-state index in [4.69, 9.17) is 10.1 Å². The first-order chi connectivity index (χ1) is 14.2. The Labute approximate surface area is 169 Å². The van der Waals surface area contributed by atoms with E-state index in [0.717, 1.165) is 34.6 Å². The Kier molecular flexibility index (Phi) is 5.48. The van der Waals surface area contributed by atoms with Gasteiger partial charge in [0.15, 0.2) is 11.9 Å². The maximum absolute atomic E-state index is 9.26. The standard InChI is InChI=1S/C22H23N5O2/c1-2-15-9-17(4-3-16(15)10-23)27-20-18-5-7-24-8-6-19(18)29-21(20)22-25-11-14(13-28)12-26-22/h3-7,9-12,20-21,23,27-28H,2,8,13H2,1H3. The number of aliphatic hydroxyl groups excluding tert-OH is 1. The SMILES string of the molecule is CCc1cc(NC2C3=CC=NCC=C3OC2c2ncc(CO)cn2)ccc1C=N. The average molecular weight is 389 g/mol. The van der Waals surface area contributed by atoms with Gasteiger partial charge in [0.25, 0.3) is 0 Å². The van der Waals surface area contributed by atoms with E-state index in [0.29, 0.717) is 17.9 Å². The summed E-state index contributed by atoms with van der Waals surface area (Å²) < 4.78 is 6.22. The molecule has 0 aliphatic carbocycles. The summed E-state index contributed by atoms with van der Waals surface area (Å²) >= 11 is 0. The molecule has 0 bridgehead atoms. The Hall–Kier alpha value is -3.32. The quantitative estimate of drug-likeness (QED) is 0.659. The van der Waals surface area contributed by atoms with E-state index in [1.165, 1.54) is 6.21 Å². The lowest BCUT2D eigenvalue weighted by atomic mass is 10.00. The molecule has 0 saturated carbocycles. The molecule has 2 aliphatic rings. The maximum Gasteiger partial charge on any atom is 0.182 e. The summed E-state index contributed by atoms with van der Waals surface area (Å²) in [5.74, 6) is 1.34. The van der Waals surface area contributed by atoms with E-state index < -0.39 is 6.10 Å². The molecule has 3 heterocycles. The monoisotopic (exact) mass is 389 g/mol. The van der Waals surface area contributed by atoms with Crippen LogP contribution in [0.15, 0.2) is 59.1 Å². The van der Waals surface area contributed by atoms with Crippen LogP contribution in [0, 0.1) is 5.41 Å². The summed E-state index contributed by atoms with van der Waals surface area (Å²) in [4.78, 5) is 13.1. The highest BCUT2D eigenvalue weighted by atomic mass is 16.5. The molecule has 1 saturated heterocycles. The van der Waals surface area contributed by atoms with Crippen LogP contribution in [0.4, 0.5) is 5.69 Å². The van der Waals surface area contributed by atoms with Crippen LogP contribution in [0.3, 0.4) is 0 Å². The van der Waals surface area contributed by atoms with Crippen molar-refractivity contribution in [3.63, 3.8) is 0 Å². The molecule has 2 aliphatic heterocycles. The smallest absolute Gasteiger partial charge is 0.182 e. The van der Waals surface area contributed by atoms with Crippen LogP contribution in [0.25, 0.3) is 0 Å². The molecule has 0 spiro atoms. The summed E-state index contributed by atoms with van der Waals surface area (Å²) in [6.45, 7) is 2.54. The molecule has 2 aromatic rings. The van der Waals surface area contributed by atoms with E-state index in [-0.39, 0.29) is 12.6 Å². The third-order valence-electron chi connectivity index (χ3n) is 5.08. The first-order valence-corrected chi connectivity index (χ1v) is 9.62. The number of nitrogens with one attached hydrogen (secondary N) is 2. The van der Waals surface area contributed by atoms with Crippen molar-refractivity contribution in [2.24, 2.45) is 4.99 Å². The van der Waals surface area contributed by atoms with E-state index in [2.05, 4.69) is 33.3 Å². The number of aliphatic hydroxyl groups is 1. The summed E-state index contributed by atoms with van der Waals surface area (Å²) in [7, 11) is 0. The van der Waals surface area contributed by atoms with Crippen molar-refractivity contribution in [2.45, 2.75) is 32.1 Å². The highest BCUT2D eigenvalue weighted by Crippen LogP contribution is 2.40. The molecule has 4 rings (SSSR count). The predicted molar refractivity (Wildman–Crippen MR) is 112 cm³/mol. The lowest BCUT2D eigenvalue weighted by Gasteiger charge is -2.21. The first-order valence-electron chi connectivity index (χ1n) is 9.62. The van der Waals surface area contributed by atoms with Gasteiger partial charge in [0.05, 0.1) is 19.2 Å². The number of aryl methyl sites for hydroxylation is 1. The lowest BCUT2D eigenvalue weighted by Crippen LogP contribution is -2.26. The van der Waals surface area contributed by atoms with Crippen LogP contribution in [-0.4, -0.2) is 40.1 Å². The van der Waals surface area contributed by atoms with Gasteiger partial charge >= 0.3 is 0 Å². The van der Waals surface area contributed by atoms with Crippen molar-refractivity contribution in [3.05, 3.63) is 76.6 Å². The zero-order valence-corrected chi connectivity index (χ0v) is 16.2. The topological polar surface area (TPSA) is 103 Å². The second-order valence-corrected chi connectivity index (χ2v) is 6.88.